The minimum Gasteiger partial charge on any atom is -0.494 e. The molecule has 0 fully saturated rings. The Morgan fingerprint density at radius 1 is 1.18 bits per heavy atom. The zero-order valence-corrected chi connectivity index (χ0v) is 17.9. The maximum atomic E-state index is 12.5. The van der Waals surface area contributed by atoms with Gasteiger partial charge >= 0.3 is 0 Å². The molecule has 1 atom stereocenters. The van der Waals surface area contributed by atoms with Crippen LogP contribution in [0.5, 0.6) is 5.75 Å². The highest BCUT2D eigenvalue weighted by Crippen LogP contribution is 2.24. The van der Waals surface area contributed by atoms with Gasteiger partial charge in [-0.25, -0.2) is 4.98 Å². The molecule has 0 aliphatic carbocycles. The van der Waals surface area contributed by atoms with Gasteiger partial charge in [-0.15, -0.1) is 23.1 Å². The van der Waals surface area contributed by atoms with E-state index in [0.717, 1.165) is 32.7 Å². The van der Waals surface area contributed by atoms with Gasteiger partial charge in [0.25, 0.3) is 5.91 Å². The molecule has 1 N–H and O–H groups in total. The highest BCUT2D eigenvalue weighted by Gasteiger charge is 2.12. The monoisotopic (exact) mass is 412 g/mol. The van der Waals surface area contributed by atoms with Crippen molar-refractivity contribution in [1.29, 1.82) is 0 Å². The number of hydrogen-bond acceptors (Lipinski definition) is 5. The Kier molecular flexibility index (Phi) is 7.12. The van der Waals surface area contributed by atoms with Crippen LogP contribution in [-0.2, 0) is 5.75 Å². The SMILES string of the molecule is CCOc1ccc(C(C)NC(=O)c2ccc(SCc3csc(C)n3)cc2)cc1. The number of aryl methyl sites for hydroxylation is 1. The van der Waals surface area contributed by atoms with E-state index in [2.05, 4.69) is 15.7 Å². The van der Waals surface area contributed by atoms with E-state index in [9.17, 15) is 4.79 Å². The summed E-state index contributed by atoms with van der Waals surface area (Å²) in [5, 5.41) is 6.23. The number of carbonyl (C=O) groups excluding carboxylic acids is 1. The van der Waals surface area contributed by atoms with E-state index in [-0.39, 0.29) is 11.9 Å². The molecule has 0 aliphatic rings. The van der Waals surface area contributed by atoms with Crippen LogP contribution >= 0.6 is 23.1 Å². The lowest BCUT2D eigenvalue weighted by Crippen LogP contribution is -2.26. The van der Waals surface area contributed by atoms with Gasteiger partial charge in [0, 0.05) is 21.6 Å². The molecule has 0 radical (unpaired) electrons. The van der Waals surface area contributed by atoms with Crippen molar-refractivity contribution in [2.45, 2.75) is 37.5 Å². The van der Waals surface area contributed by atoms with Crippen molar-refractivity contribution in [3.63, 3.8) is 0 Å². The molecule has 3 rings (SSSR count). The summed E-state index contributed by atoms with van der Waals surface area (Å²) in [5.41, 5.74) is 2.80. The van der Waals surface area contributed by atoms with Crippen LogP contribution in [0, 0.1) is 6.92 Å². The van der Waals surface area contributed by atoms with Gasteiger partial charge in [-0.3, -0.25) is 4.79 Å². The number of ether oxygens (including phenoxy) is 1. The van der Waals surface area contributed by atoms with E-state index in [0.29, 0.717) is 12.2 Å². The quantitative estimate of drug-likeness (QED) is 0.487. The second-order valence-electron chi connectivity index (χ2n) is 6.37. The third kappa shape index (κ3) is 5.59. The molecule has 146 valence electrons. The van der Waals surface area contributed by atoms with E-state index in [1.54, 1.807) is 23.1 Å². The Bertz CT molecular complexity index is 905. The average molecular weight is 413 g/mol. The minimum absolute atomic E-state index is 0.0759. The summed E-state index contributed by atoms with van der Waals surface area (Å²) in [6.45, 7) is 6.60. The van der Waals surface area contributed by atoms with Crippen LogP contribution in [0.3, 0.4) is 0 Å². The average Bonchev–Trinajstić information content (AvgIpc) is 3.13. The molecule has 0 bridgehead atoms. The minimum atomic E-state index is -0.0786. The lowest BCUT2D eigenvalue weighted by Gasteiger charge is -2.15. The largest absolute Gasteiger partial charge is 0.494 e. The highest BCUT2D eigenvalue weighted by atomic mass is 32.2. The Hall–Kier alpha value is -2.31. The Morgan fingerprint density at radius 2 is 1.89 bits per heavy atom. The van der Waals surface area contributed by atoms with Crippen molar-refractivity contribution in [1.82, 2.24) is 10.3 Å². The molecule has 0 spiro atoms. The van der Waals surface area contributed by atoms with E-state index < -0.39 is 0 Å². The first-order valence-electron chi connectivity index (χ1n) is 9.22. The van der Waals surface area contributed by atoms with Crippen molar-refractivity contribution in [2.24, 2.45) is 0 Å². The maximum Gasteiger partial charge on any atom is 0.251 e. The molecule has 1 unspecified atom stereocenters. The number of thiazole rings is 1. The molecule has 1 heterocycles. The summed E-state index contributed by atoms with van der Waals surface area (Å²) in [5.74, 6) is 1.60. The van der Waals surface area contributed by atoms with Gasteiger partial charge in [0.15, 0.2) is 0 Å². The number of thioether (sulfide) groups is 1. The van der Waals surface area contributed by atoms with E-state index in [4.69, 9.17) is 4.74 Å². The fourth-order valence-corrected chi connectivity index (χ4v) is 4.23. The molecule has 6 heteroatoms. The van der Waals surface area contributed by atoms with Crippen molar-refractivity contribution < 1.29 is 9.53 Å². The van der Waals surface area contributed by atoms with Crippen molar-refractivity contribution in [2.75, 3.05) is 6.61 Å². The van der Waals surface area contributed by atoms with Crippen LogP contribution in [0.1, 0.15) is 46.5 Å². The first kappa shape index (κ1) is 20.4. The molecule has 0 aliphatic heterocycles. The second-order valence-corrected chi connectivity index (χ2v) is 8.48. The molecular formula is C22H24N2O2S2. The molecule has 0 saturated carbocycles. The summed E-state index contributed by atoms with van der Waals surface area (Å²) < 4.78 is 5.46. The number of rotatable bonds is 8. The fourth-order valence-electron chi connectivity index (χ4n) is 2.72. The lowest BCUT2D eigenvalue weighted by molar-refractivity contribution is 0.0940. The van der Waals surface area contributed by atoms with Crippen LogP contribution in [0.4, 0.5) is 0 Å². The fraction of sp³-hybridized carbons (Fsp3) is 0.273. The number of nitrogens with one attached hydrogen (secondary N) is 1. The first-order chi connectivity index (χ1) is 13.5. The van der Waals surface area contributed by atoms with Crippen LogP contribution in [-0.4, -0.2) is 17.5 Å². The van der Waals surface area contributed by atoms with Crippen LogP contribution < -0.4 is 10.1 Å². The summed E-state index contributed by atoms with van der Waals surface area (Å²) in [6.07, 6.45) is 0. The number of amides is 1. The van der Waals surface area contributed by atoms with Crippen LogP contribution in [0.15, 0.2) is 58.8 Å². The number of hydrogen-bond donors (Lipinski definition) is 1. The Labute approximate surface area is 174 Å². The van der Waals surface area contributed by atoms with Gasteiger partial charge in [0.05, 0.1) is 23.4 Å². The molecule has 1 aromatic heterocycles. The van der Waals surface area contributed by atoms with Gasteiger partial charge < -0.3 is 10.1 Å². The zero-order chi connectivity index (χ0) is 19.9. The smallest absolute Gasteiger partial charge is 0.251 e. The number of benzene rings is 2. The molecular weight excluding hydrogens is 388 g/mol. The van der Waals surface area contributed by atoms with Crippen molar-refractivity contribution >= 4 is 29.0 Å². The van der Waals surface area contributed by atoms with Crippen molar-refractivity contribution in [3.05, 3.63) is 75.7 Å². The lowest BCUT2D eigenvalue weighted by atomic mass is 10.1. The van der Waals surface area contributed by atoms with E-state index in [1.165, 1.54) is 0 Å². The molecule has 3 aromatic rings. The number of nitrogens with zero attached hydrogens (tertiary/aromatic N) is 1. The molecule has 2 aromatic carbocycles. The predicted molar refractivity (Wildman–Crippen MR) is 116 cm³/mol. The Morgan fingerprint density at radius 3 is 2.50 bits per heavy atom. The predicted octanol–water partition coefficient (Wildman–Crippen LogP) is 5.63. The number of aromatic nitrogens is 1. The first-order valence-corrected chi connectivity index (χ1v) is 11.1. The number of carbonyl (C=O) groups is 1. The highest BCUT2D eigenvalue weighted by molar-refractivity contribution is 7.98. The van der Waals surface area contributed by atoms with Gasteiger partial charge in [0.1, 0.15) is 5.75 Å². The van der Waals surface area contributed by atoms with Gasteiger partial charge in [-0.05, 0) is 62.7 Å². The molecule has 4 nitrogen and oxygen atoms in total. The Balaban J connectivity index is 1.54. The normalized spacial score (nSPS) is 11.8. The van der Waals surface area contributed by atoms with Crippen molar-refractivity contribution in [3.8, 4) is 5.75 Å². The van der Waals surface area contributed by atoms with E-state index >= 15 is 0 Å². The van der Waals surface area contributed by atoms with Gasteiger partial charge in [0.2, 0.25) is 0 Å². The van der Waals surface area contributed by atoms with E-state index in [1.807, 2.05) is 69.3 Å². The third-order valence-corrected chi connectivity index (χ3v) is 6.08. The molecule has 28 heavy (non-hydrogen) atoms. The summed E-state index contributed by atoms with van der Waals surface area (Å²) in [4.78, 5) is 18.1. The molecule has 0 saturated heterocycles. The van der Waals surface area contributed by atoms with Crippen LogP contribution in [0.2, 0.25) is 0 Å². The van der Waals surface area contributed by atoms with Crippen LogP contribution in [0.25, 0.3) is 0 Å². The van der Waals surface area contributed by atoms with Gasteiger partial charge in [-0.1, -0.05) is 12.1 Å². The maximum absolute atomic E-state index is 12.5. The molecule has 1 amide bonds. The zero-order valence-electron chi connectivity index (χ0n) is 16.3. The summed E-state index contributed by atoms with van der Waals surface area (Å²) >= 11 is 3.39. The third-order valence-electron chi connectivity index (χ3n) is 4.21. The van der Waals surface area contributed by atoms with Gasteiger partial charge in [-0.2, -0.15) is 0 Å². The summed E-state index contributed by atoms with van der Waals surface area (Å²) in [6, 6.07) is 15.5. The standard InChI is InChI=1S/C22H24N2O2S2/c1-4-26-20-9-5-17(6-10-20)15(2)23-22(25)18-7-11-21(12-8-18)28-14-19-13-27-16(3)24-19/h5-13,15H,4,14H2,1-3H3,(H,23,25). The topological polar surface area (TPSA) is 51.2 Å². The summed E-state index contributed by atoms with van der Waals surface area (Å²) in [7, 11) is 0. The second kappa shape index (κ2) is 9.75.